The van der Waals surface area contributed by atoms with Gasteiger partial charge in [-0.3, -0.25) is 4.79 Å². The molecule has 0 saturated heterocycles. The van der Waals surface area contributed by atoms with Gasteiger partial charge in [-0.15, -0.1) is 0 Å². The third-order valence-corrected chi connectivity index (χ3v) is 6.15. The van der Waals surface area contributed by atoms with Crippen LogP contribution in [0.1, 0.15) is 47.0 Å². The largest absolute Gasteiger partial charge is 0.497 e. The third-order valence-electron chi connectivity index (χ3n) is 4.08. The van der Waals surface area contributed by atoms with Gasteiger partial charge in [0.2, 0.25) is 0 Å². The lowest BCUT2D eigenvalue weighted by molar-refractivity contribution is -0.142. The van der Waals surface area contributed by atoms with Gasteiger partial charge in [0.05, 0.1) is 18.6 Å². The lowest BCUT2D eigenvalue weighted by atomic mass is 10.1. The molecule has 1 aromatic carbocycles. The molecule has 0 aliphatic heterocycles. The maximum Gasteiger partial charge on any atom is 0.325 e. The molecule has 0 amide bonds. The van der Waals surface area contributed by atoms with E-state index in [2.05, 4.69) is 6.08 Å². The average Bonchev–Trinajstić information content (AvgIpc) is 2.61. The Morgan fingerprint density at radius 3 is 2.26 bits per heavy atom. The zero-order chi connectivity index (χ0) is 20.4. The number of carbonyl (C=O) groups is 1. The standard InChI is InChI=1S/C21H30O5S/c1-6-26-21(22)20(15-10-17(4)9-7-8-16(2)3)27(23,24)19-13-11-18(25-5)12-14-19/h8,10-14,20H,6-7,9,15H2,1-5H3. The van der Waals surface area contributed by atoms with Crippen LogP contribution in [0.25, 0.3) is 0 Å². The molecule has 0 fully saturated rings. The minimum absolute atomic E-state index is 0.0805. The van der Waals surface area contributed by atoms with Gasteiger partial charge in [0.15, 0.2) is 15.1 Å². The second kappa shape index (κ2) is 10.9. The van der Waals surface area contributed by atoms with E-state index in [1.807, 2.05) is 26.8 Å². The van der Waals surface area contributed by atoms with E-state index in [0.717, 1.165) is 18.4 Å². The summed E-state index contributed by atoms with van der Waals surface area (Å²) in [6.07, 6.45) is 5.76. The summed E-state index contributed by atoms with van der Waals surface area (Å²) in [6, 6.07) is 6.03. The van der Waals surface area contributed by atoms with Crippen molar-refractivity contribution in [2.24, 2.45) is 0 Å². The van der Waals surface area contributed by atoms with Crippen molar-refractivity contribution >= 4 is 15.8 Å². The first kappa shape index (κ1) is 23.0. The zero-order valence-corrected chi connectivity index (χ0v) is 17.6. The van der Waals surface area contributed by atoms with E-state index in [1.165, 1.54) is 24.8 Å². The van der Waals surface area contributed by atoms with E-state index in [0.29, 0.717) is 5.75 Å². The van der Waals surface area contributed by atoms with Crippen LogP contribution < -0.4 is 4.74 Å². The molecule has 6 heteroatoms. The van der Waals surface area contributed by atoms with Crippen LogP contribution in [-0.4, -0.2) is 33.4 Å². The molecule has 0 radical (unpaired) electrons. The Hall–Kier alpha value is -2.08. The molecule has 1 rings (SSSR count). The van der Waals surface area contributed by atoms with E-state index in [1.54, 1.807) is 19.1 Å². The van der Waals surface area contributed by atoms with Crippen LogP contribution >= 0.6 is 0 Å². The fraction of sp³-hybridized carbons (Fsp3) is 0.476. The van der Waals surface area contributed by atoms with Crippen LogP contribution in [0.2, 0.25) is 0 Å². The minimum Gasteiger partial charge on any atom is -0.497 e. The molecule has 0 aliphatic rings. The summed E-state index contributed by atoms with van der Waals surface area (Å²) in [5.41, 5.74) is 2.29. The van der Waals surface area contributed by atoms with Crippen LogP contribution in [0.5, 0.6) is 5.75 Å². The van der Waals surface area contributed by atoms with Crippen molar-refractivity contribution in [3.63, 3.8) is 0 Å². The van der Waals surface area contributed by atoms with E-state index < -0.39 is 21.1 Å². The van der Waals surface area contributed by atoms with Crippen molar-refractivity contribution in [3.8, 4) is 5.75 Å². The maximum atomic E-state index is 13.0. The monoisotopic (exact) mass is 394 g/mol. The molecule has 5 nitrogen and oxygen atoms in total. The summed E-state index contributed by atoms with van der Waals surface area (Å²) in [6.45, 7) is 7.82. The minimum atomic E-state index is -3.86. The molecule has 1 aromatic rings. The summed E-state index contributed by atoms with van der Waals surface area (Å²) in [5, 5.41) is -1.26. The number of ether oxygens (including phenoxy) is 2. The molecule has 27 heavy (non-hydrogen) atoms. The van der Waals surface area contributed by atoms with Gasteiger partial charge < -0.3 is 9.47 Å². The van der Waals surface area contributed by atoms with Gasteiger partial charge in [0.1, 0.15) is 5.75 Å². The highest BCUT2D eigenvalue weighted by Gasteiger charge is 2.34. The van der Waals surface area contributed by atoms with Crippen LogP contribution in [0.3, 0.4) is 0 Å². The number of benzene rings is 1. The van der Waals surface area contributed by atoms with E-state index in [4.69, 9.17) is 9.47 Å². The Bertz CT molecular complexity index is 769. The van der Waals surface area contributed by atoms with Crippen LogP contribution in [0.15, 0.2) is 52.5 Å². The normalized spacial score (nSPS) is 13.0. The highest BCUT2D eigenvalue weighted by molar-refractivity contribution is 7.92. The molecule has 0 bridgehead atoms. The van der Waals surface area contributed by atoms with Crippen molar-refractivity contribution in [2.75, 3.05) is 13.7 Å². The number of methoxy groups -OCH3 is 1. The average molecular weight is 395 g/mol. The summed E-state index contributed by atoms with van der Waals surface area (Å²) in [5.74, 6) is -0.168. The number of hydrogen-bond acceptors (Lipinski definition) is 5. The van der Waals surface area contributed by atoms with Gasteiger partial charge in [-0.2, -0.15) is 0 Å². The van der Waals surface area contributed by atoms with Gasteiger partial charge >= 0.3 is 5.97 Å². The van der Waals surface area contributed by atoms with Gasteiger partial charge in [0, 0.05) is 0 Å². The summed E-state index contributed by atoms with van der Waals surface area (Å²) in [4.78, 5) is 12.4. The first-order valence-corrected chi connectivity index (χ1v) is 10.6. The summed E-state index contributed by atoms with van der Waals surface area (Å²) >= 11 is 0. The van der Waals surface area contributed by atoms with Gasteiger partial charge in [-0.1, -0.05) is 23.3 Å². The number of esters is 1. The molecule has 1 unspecified atom stereocenters. The zero-order valence-electron chi connectivity index (χ0n) is 16.8. The van der Waals surface area contributed by atoms with Gasteiger partial charge in [-0.05, 0) is 71.2 Å². The first-order chi connectivity index (χ1) is 12.7. The Kier molecular flexibility index (Phi) is 9.29. The molecule has 0 N–H and O–H groups in total. The smallest absolute Gasteiger partial charge is 0.325 e. The molecular formula is C21H30O5S. The Morgan fingerprint density at radius 2 is 1.74 bits per heavy atom. The maximum absolute atomic E-state index is 13.0. The molecule has 1 atom stereocenters. The molecule has 0 aliphatic carbocycles. The number of hydrogen-bond donors (Lipinski definition) is 0. The number of sulfone groups is 1. The molecule has 0 saturated carbocycles. The van der Waals surface area contributed by atoms with Gasteiger partial charge in [0.25, 0.3) is 0 Å². The Balaban J connectivity index is 3.05. The van der Waals surface area contributed by atoms with Crippen molar-refractivity contribution in [1.29, 1.82) is 0 Å². The van der Waals surface area contributed by atoms with Crippen molar-refractivity contribution in [3.05, 3.63) is 47.6 Å². The highest BCUT2D eigenvalue weighted by atomic mass is 32.2. The fourth-order valence-corrected chi connectivity index (χ4v) is 4.03. The first-order valence-electron chi connectivity index (χ1n) is 9.06. The lowest BCUT2D eigenvalue weighted by Crippen LogP contribution is -2.32. The van der Waals surface area contributed by atoms with E-state index >= 15 is 0 Å². The van der Waals surface area contributed by atoms with Crippen LogP contribution in [-0.2, 0) is 19.4 Å². The molecule has 0 heterocycles. The van der Waals surface area contributed by atoms with Crippen LogP contribution in [0, 0.1) is 0 Å². The molecule has 150 valence electrons. The topological polar surface area (TPSA) is 69.7 Å². The summed E-state index contributed by atoms with van der Waals surface area (Å²) in [7, 11) is -2.36. The van der Waals surface area contributed by atoms with Crippen molar-refractivity contribution < 1.29 is 22.7 Å². The SMILES string of the molecule is CCOC(=O)C(CC=C(C)CCC=C(C)C)S(=O)(=O)c1ccc(OC)cc1. The molecular weight excluding hydrogens is 364 g/mol. The quantitative estimate of drug-likeness (QED) is 0.432. The second-order valence-corrected chi connectivity index (χ2v) is 8.70. The summed E-state index contributed by atoms with van der Waals surface area (Å²) < 4.78 is 36.0. The number of allylic oxidation sites excluding steroid dienone is 4. The second-order valence-electron chi connectivity index (χ2n) is 6.57. The fourth-order valence-electron chi connectivity index (χ4n) is 2.51. The molecule has 0 spiro atoms. The lowest BCUT2D eigenvalue weighted by Gasteiger charge is -2.16. The number of rotatable bonds is 10. The Labute approximate surface area is 163 Å². The highest BCUT2D eigenvalue weighted by Crippen LogP contribution is 2.23. The van der Waals surface area contributed by atoms with E-state index in [-0.39, 0.29) is 17.9 Å². The third kappa shape index (κ3) is 7.21. The van der Waals surface area contributed by atoms with Crippen LogP contribution in [0.4, 0.5) is 0 Å². The number of carbonyl (C=O) groups excluding carboxylic acids is 1. The van der Waals surface area contributed by atoms with Crippen molar-refractivity contribution in [1.82, 2.24) is 0 Å². The predicted octanol–water partition coefficient (Wildman–Crippen LogP) is 4.48. The predicted molar refractivity (Wildman–Crippen MR) is 108 cm³/mol. The molecule has 0 aromatic heterocycles. The van der Waals surface area contributed by atoms with E-state index in [9.17, 15) is 13.2 Å². The van der Waals surface area contributed by atoms with Gasteiger partial charge in [-0.25, -0.2) is 8.42 Å². The Morgan fingerprint density at radius 1 is 1.11 bits per heavy atom. The van der Waals surface area contributed by atoms with Crippen molar-refractivity contribution in [2.45, 2.75) is 57.1 Å².